The number of amides is 2. The van der Waals surface area contributed by atoms with E-state index in [1.807, 2.05) is 9.80 Å². The van der Waals surface area contributed by atoms with Crippen molar-refractivity contribution in [2.24, 2.45) is 17.8 Å². The molecule has 1 spiro atoms. The normalized spacial score (nSPS) is 27.4. The van der Waals surface area contributed by atoms with Crippen LogP contribution in [0.2, 0.25) is 0 Å². The Kier molecular flexibility index (Phi) is 9.11. The van der Waals surface area contributed by atoms with Gasteiger partial charge in [0.25, 0.3) is 0 Å². The van der Waals surface area contributed by atoms with Gasteiger partial charge in [0.2, 0.25) is 11.8 Å². The molecular weight excluding hydrogens is 444 g/mol. The maximum Gasteiger partial charge on any atom is 0.245 e. The molecule has 4 aliphatic heterocycles. The summed E-state index contributed by atoms with van der Waals surface area (Å²) in [4.78, 5) is 33.4. The summed E-state index contributed by atoms with van der Waals surface area (Å²) >= 11 is 0. The van der Waals surface area contributed by atoms with Crippen LogP contribution < -0.4 is 5.32 Å². The van der Waals surface area contributed by atoms with E-state index in [4.69, 9.17) is 9.47 Å². The van der Waals surface area contributed by atoms with Crippen LogP contribution in [0.1, 0.15) is 66.2 Å². The number of carbonyl (C=O) groups excluding carboxylic acids is 2. The van der Waals surface area contributed by atoms with E-state index < -0.39 is 5.79 Å². The lowest BCUT2D eigenvalue weighted by Gasteiger charge is -2.47. The number of rotatable bonds is 8. The highest BCUT2D eigenvalue weighted by Gasteiger charge is 2.44. The van der Waals surface area contributed by atoms with Crippen molar-refractivity contribution in [3.63, 3.8) is 0 Å². The molecule has 1 N–H and O–H groups in total. The Morgan fingerprint density at radius 1 is 1.00 bits per heavy atom. The van der Waals surface area contributed by atoms with E-state index in [0.717, 1.165) is 32.7 Å². The first-order valence-electron chi connectivity index (χ1n) is 14.1. The Labute approximate surface area is 212 Å². The minimum Gasteiger partial charge on any atom is -0.349 e. The molecule has 0 aliphatic carbocycles. The van der Waals surface area contributed by atoms with Gasteiger partial charge >= 0.3 is 0 Å². The second-order valence-electron chi connectivity index (χ2n) is 12.0. The third-order valence-corrected chi connectivity index (χ3v) is 8.10. The lowest BCUT2D eigenvalue weighted by atomic mass is 9.95. The number of ether oxygens (including phenoxy) is 2. The summed E-state index contributed by atoms with van der Waals surface area (Å²) in [7, 11) is 0. The second kappa shape index (κ2) is 11.9. The van der Waals surface area contributed by atoms with Crippen molar-refractivity contribution in [1.29, 1.82) is 0 Å². The van der Waals surface area contributed by atoms with E-state index in [0.29, 0.717) is 56.7 Å². The SMILES string of the molecule is CC(C)C[C@@H]1NCCN([C@@H](CC(C)C)C(=O)N2CCC3(CC2)OCC(CN2CCCC2)CO3)C1=O. The first-order chi connectivity index (χ1) is 16.8. The number of nitrogens with zero attached hydrogens (tertiary/aromatic N) is 3. The second-order valence-corrected chi connectivity index (χ2v) is 12.0. The highest BCUT2D eigenvalue weighted by atomic mass is 16.7. The van der Waals surface area contributed by atoms with Crippen molar-refractivity contribution in [2.45, 2.75) is 84.1 Å². The zero-order chi connectivity index (χ0) is 25.0. The number of hydrogen-bond donors (Lipinski definition) is 1. The lowest BCUT2D eigenvalue weighted by molar-refractivity contribution is -0.298. The fourth-order valence-electron chi connectivity index (χ4n) is 6.16. The molecule has 0 aromatic heterocycles. The molecule has 4 rings (SSSR count). The molecule has 35 heavy (non-hydrogen) atoms. The van der Waals surface area contributed by atoms with Gasteiger partial charge in [-0.3, -0.25) is 9.59 Å². The van der Waals surface area contributed by atoms with Crippen LogP contribution >= 0.6 is 0 Å². The van der Waals surface area contributed by atoms with E-state index in [-0.39, 0.29) is 23.9 Å². The Morgan fingerprint density at radius 2 is 1.66 bits per heavy atom. The van der Waals surface area contributed by atoms with Gasteiger partial charge in [0.15, 0.2) is 5.79 Å². The Hall–Kier alpha value is -1.22. The zero-order valence-electron chi connectivity index (χ0n) is 22.5. The van der Waals surface area contributed by atoms with Crippen molar-refractivity contribution in [2.75, 3.05) is 59.0 Å². The molecule has 2 amide bonds. The number of piperidine rings is 1. The van der Waals surface area contributed by atoms with Gasteiger partial charge in [-0.25, -0.2) is 0 Å². The molecule has 200 valence electrons. The van der Waals surface area contributed by atoms with Crippen molar-refractivity contribution in [3.05, 3.63) is 0 Å². The number of hydrogen-bond acceptors (Lipinski definition) is 6. The Bertz CT molecular complexity index is 706. The van der Waals surface area contributed by atoms with Crippen LogP contribution in [0, 0.1) is 17.8 Å². The van der Waals surface area contributed by atoms with Crippen molar-refractivity contribution in [1.82, 2.24) is 20.0 Å². The van der Waals surface area contributed by atoms with Crippen LogP contribution in [0.3, 0.4) is 0 Å². The Balaban J connectivity index is 1.32. The smallest absolute Gasteiger partial charge is 0.245 e. The predicted octanol–water partition coefficient (Wildman–Crippen LogP) is 2.33. The zero-order valence-corrected chi connectivity index (χ0v) is 22.5. The van der Waals surface area contributed by atoms with E-state index in [9.17, 15) is 9.59 Å². The minimum absolute atomic E-state index is 0.0837. The summed E-state index contributed by atoms with van der Waals surface area (Å²) in [5.74, 6) is 0.837. The molecule has 8 heteroatoms. The summed E-state index contributed by atoms with van der Waals surface area (Å²) in [6.45, 7) is 16.1. The highest BCUT2D eigenvalue weighted by Crippen LogP contribution is 2.33. The fraction of sp³-hybridized carbons (Fsp3) is 0.926. The van der Waals surface area contributed by atoms with Crippen LogP contribution in [-0.4, -0.2) is 103 Å². The highest BCUT2D eigenvalue weighted by molar-refractivity contribution is 5.90. The average molecular weight is 493 g/mol. The molecule has 0 bridgehead atoms. The Morgan fingerprint density at radius 3 is 2.26 bits per heavy atom. The van der Waals surface area contributed by atoms with Crippen molar-refractivity contribution < 1.29 is 19.1 Å². The monoisotopic (exact) mass is 492 g/mol. The van der Waals surface area contributed by atoms with Gasteiger partial charge in [0, 0.05) is 51.5 Å². The van der Waals surface area contributed by atoms with Gasteiger partial charge in [-0.15, -0.1) is 0 Å². The molecule has 2 atom stereocenters. The van der Waals surface area contributed by atoms with Crippen LogP contribution in [0.25, 0.3) is 0 Å². The third kappa shape index (κ3) is 6.76. The van der Waals surface area contributed by atoms with E-state index >= 15 is 0 Å². The van der Waals surface area contributed by atoms with Gasteiger partial charge in [-0.2, -0.15) is 0 Å². The molecule has 0 aromatic rings. The molecule has 4 saturated heterocycles. The molecule has 4 heterocycles. The molecule has 8 nitrogen and oxygen atoms in total. The number of nitrogens with one attached hydrogen (secondary N) is 1. The third-order valence-electron chi connectivity index (χ3n) is 8.10. The van der Waals surface area contributed by atoms with Gasteiger partial charge in [-0.1, -0.05) is 27.7 Å². The van der Waals surface area contributed by atoms with Crippen molar-refractivity contribution >= 4 is 11.8 Å². The van der Waals surface area contributed by atoms with Gasteiger partial charge < -0.3 is 29.5 Å². The average Bonchev–Trinajstić information content (AvgIpc) is 3.34. The molecule has 0 aromatic carbocycles. The topological polar surface area (TPSA) is 74.3 Å². The van der Waals surface area contributed by atoms with Crippen molar-refractivity contribution in [3.8, 4) is 0 Å². The largest absolute Gasteiger partial charge is 0.349 e. The summed E-state index contributed by atoms with van der Waals surface area (Å²) in [6.07, 6.45) is 5.52. The first kappa shape index (κ1) is 26.8. The fourth-order valence-corrected chi connectivity index (χ4v) is 6.16. The van der Waals surface area contributed by atoms with E-state index in [1.165, 1.54) is 25.9 Å². The molecule has 0 saturated carbocycles. The maximum atomic E-state index is 13.7. The number of piperazine rings is 1. The van der Waals surface area contributed by atoms with Gasteiger partial charge in [0.1, 0.15) is 6.04 Å². The molecular formula is C27H48N4O4. The molecule has 0 unspecified atom stereocenters. The maximum absolute atomic E-state index is 13.7. The summed E-state index contributed by atoms with van der Waals surface area (Å²) < 4.78 is 12.6. The molecule has 4 fully saturated rings. The van der Waals surface area contributed by atoms with Gasteiger partial charge in [-0.05, 0) is 50.6 Å². The number of likely N-dealkylation sites (tertiary alicyclic amines) is 2. The molecule has 0 radical (unpaired) electrons. The van der Waals surface area contributed by atoms with Crippen LogP contribution in [0.15, 0.2) is 0 Å². The van der Waals surface area contributed by atoms with E-state index in [2.05, 4.69) is 37.9 Å². The first-order valence-corrected chi connectivity index (χ1v) is 14.1. The summed E-state index contributed by atoms with van der Waals surface area (Å²) in [5.41, 5.74) is 0. The minimum atomic E-state index is -0.543. The van der Waals surface area contributed by atoms with E-state index in [1.54, 1.807) is 0 Å². The predicted molar refractivity (Wildman–Crippen MR) is 136 cm³/mol. The van der Waals surface area contributed by atoms with Crippen LogP contribution in [0.4, 0.5) is 0 Å². The molecule has 4 aliphatic rings. The van der Waals surface area contributed by atoms with Gasteiger partial charge in [0.05, 0.1) is 19.3 Å². The van der Waals surface area contributed by atoms with Crippen LogP contribution in [-0.2, 0) is 19.1 Å². The summed E-state index contributed by atoms with van der Waals surface area (Å²) in [6, 6.07) is -0.570. The number of carbonyl (C=O) groups is 2. The quantitative estimate of drug-likeness (QED) is 0.561. The summed E-state index contributed by atoms with van der Waals surface area (Å²) in [5, 5.41) is 3.37. The van der Waals surface area contributed by atoms with Crippen LogP contribution in [0.5, 0.6) is 0 Å². The lowest BCUT2D eigenvalue weighted by Crippen LogP contribution is -2.63. The standard InChI is InChI=1S/C27H48N4O4/c1-20(2)15-23-25(32)31(14-9-28-23)24(16-21(3)4)26(33)30-12-7-27(8-13-30)34-18-22(19-35-27)17-29-10-5-6-11-29/h20-24,28H,5-19H2,1-4H3/t23-,24-/m0/s1.